The molecule has 0 radical (unpaired) electrons. The molecule has 0 fully saturated rings. The number of ether oxygens (including phenoxy) is 1. The van der Waals surface area contributed by atoms with Gasteiger partial charge in [0.15, 0.2) is 0 Å². The minimum Gasteiger partial charge on any atom is -0.463 e. The van der Waals surface area contributed by atoms with Gasteiger partial charge in [0, 0.05) is 12.2 Å². The Morgan fingerprint density at radius 1 is 0.951 bits per heavy atom. The van der Waals surface area contributed by atoms with Gasteiger partial charge >= 0.3 is 24.2 Å². The fraction of sp³-hybridized carbons (Fsp3) is 0.233. The molecular weight excluding hydrogens is 537 g/mol. The summed E-state index contributed by atoms with van der Waals surface area (Å²) in [6.45, 7) is 4.06. The van der Waals surface area contributed by atoms with Crippen LogP contribution in [0.15, 0.2) is 84.4 Å². The van der Waals surface area contributed by atoms with Gasteiger partial charge < -0.3 is 20.7 Å². The van der Waals surface area contributed by atoms with Crippen molar-refractivity contribution in [2.75, 3.05) is 23.8 Å². The number of esters is 1. The molecule has 3 aromatic carbocycles. The number of halogens is 3. The average Bonchev–Trinajstić information content (AvgIpc) is 2.94. The van der Waals surface area contributed by atoms with E-state index in [4.69, 9.17) is 4.74 Å². The van der Waals surface area contributed by atoms with Gasteiger partial charge in [0.2, 0.25) is 0 Å². The molecule has 4 amide bonds. The number of alkyl halides is 3. The summed E-state index contributed by atoms with van der Waals surface area (Å²) < 4.78 is 45.5. The zero-order valence-electron chi connectivity index (χ0n) is 22.4. The summed E-state index contributed by atoms with van der Waals surface area (Å²) in [5.41, 5.74) is 0.596. The predicted molar refractivity (Wildman–Crippen MR) is 149 cm³/mol. The number of para-hydroxylation sites is 1. The second-order valence-electron chi connectivity index (χ2n) is 9.13. The highest BCUT2D eigenvalue weighted by atomic mass is 19.4. The van der Waals surface area contributed by atoms with Gasteiger partial charge in [0.1, 0.15) is 0 Å². The van der Waals surface area contributed by atoms with Gasteiger partial charge in [0.05, 0.1) is 35.2 Å². The summed E-state index contributed by atoms with van der Waals surface area (Å²) in [6, 6.07) is 17.8. The molecule has 1 heterocycles. The first-order chi connectivity index (χ1) is 19.6. The van der Waals surface area contributed by atoms with Crippen LogP contribution >= 0.6 is 0 Å². The lowest BCUT2D eigenvalue weighted by atomic mass is 9.91. The molecule has 214 valence electrons. The SMILES string of the molecule is CCCN1C(=O)NC(c2cccc(NC(=O)Nc3ccccc3C(F)(F)F)c2)C(C(=O)OCC)=C1c1ccccc1. The number of nitrogens with zero attached hydrogens (tertiary/aromatic N) is 1. The minimum atomic E-state index is -4.65. The Morgan fingerprint density at radius 3 is 2.34 bits per heavy atom. The average molecular weight is 567 g/mol. The summed E-state index contributed by atoms with van der Waals surface area (Å²) in [7, 11) is 0. The molecule has 0 saturated heterocycles. The summed E-state index contributed by atoms with van der Waals surface area (Å²) in [6.07, 6.45) is -4.02. The van der Waals surface area contributed by atoms with E-state index in [0.717, 1.165) is 12.1 Å². The van der Waals surface area contributed by atoms with E-state index in [1.807, 2.05) is 13.0 Å². The fourth-order valence-electron chi connectivity index (χ4n) is 4.59. The van der Waals surface area contributed by atoms with Crippen LogP contribution < -0.4 is 16.0 Å². The molecule has 1 atom stereocenters. The summed E-state index contributed by atoms with van der Waals surface area (Å²) in [5, 5.41) is 7.64. The van der Waals surface area contributed by atoms with Gasteiger partial charge in [-0.2, -0.15) is 13.2 Å². The number of hydrogen-bond donors (Lipinski definition) is 3. The number of nitrogens with one attached hydrogen (secondary N) is 3. The first-order valence-electron chi connectivity index (χ1n) is 13.0. The van der Waals surface area contributed by atoms with E-state index in [2.05, 4.69) is 16.0 Å². The zero-order valence-corrected chi connectivity index (χ0v) is 22.4. The second-order valence-corrected chi connectivity index (χ2v) is 9.13. The molecular formula is C30H29F3N4O4. The first-order valence-corrected chi connectivity index (χ1v) is 13.0. The van der Waals surface area contributed by atoms with E-state index in [1.54, 1.807) is 49.4 Å². The monoisotopic (exact) mass is 566 g/mol. The molecule has 4 rings (SSSR count). The second kappa shape index (κ2) is 12.6. The Morgan fingerprint density at radius 2 is 1.66 bits per heavy atom. The zero-order chi connectivity index (χ0) is 29.6. The van der Waals surface area contributed by atoms with Gasteiger partial charge in [-0.05, 0) is 48.7 Å². The third kappa shape index (κ3) is 6.68. The Bertz CT molecular complexity index is 1460. The topological polar surface area (TPSA) is 99.8 Å². The highest BCUT2D eigenvalue weighted by Crippen LogP contribution is 2.38. The molecule has 1 unspecified atom stereocenters. The number of carbonyl (C=O) groups is 3. The highest BCUT2D eigenvalue weighted by molar-refractivity contribution is 6.05. The van der Waals surface area contributed by atoms with Crippen molar-refractivity contribution >= 4 is 35.1 Å². The van der Waals surface area contributed by atoms with Crippen molar-refractivity contribution in [3.05, 3.63) is 101 Å². The molecule has 0 saturated carbocycles. The largest absolute Gasteiger partial charge is 0.463 e. The highest BCUT2D eigenvalue weighted by Gasteiger charge is 2.39. The normalized spacial score (nSPS) is 15.3. The number of anilines is 2. The first kappa shape index (κ1) is 29.2. The molecule has 8 nitrogen and oxygen atoms in total. The molecule has 1 aliphatic rings. The minimum absolute atomic E-state index is 0.111. The smallest absolute Gasteiger partial charge is 0.418 e. The Balaban J connectivity index is 1.71. The number of amides is 4. The maximum Gasteiger partial charge on any atom is 0.418 e. The van der Waals surface area contributed by atoms with Crippen LogP contribution in [0.25, 0.3) is 5.70 Å². The van der Waals surface area contributed by atoms with Crippen LogP contribution in [-0.4, -0.2) is 36.1 Å². The molecule has 0 aromatic heterocycles. The maximum absolute atomic E-state index is 13.4. The molecule has 0 aliphatic carbocycles. The van der Waals surface area contributed by atoms with Crippen LogP contribution in [0, 0.1) is 0 Å². The summed E-state index contributed by atoms with van der Waals surface area (Å²) >= 11 is 0. The van der Waals surface area contributed by atoms with Crippen molar-refractivity contribution in [1.29, 1.82) is 0 Å². The van der Waals surface area contributed by atoms with Crippen LogP contribution in [0.1, 0.15) is 43.0 Å². The molecule has 0 spiro atoms. The van der Waals surface area contributed by atoms with E-state index < -0.39 is 41.5 Å². The third-order valence-corrected chi connectivity index (χ3v) is 6.27. The lowest BCUT2D eigenvalue weighted by molar-refractivity contribution is -0.139. The number of carbonyl (C=O) groups excluding carboxylic acids is 3. The Hall–Kier alpha value is -4.80. The van der Waals surface area contributed by atoms with Crippen molar-refractivity contribution in [1.82, 2.24) is 10.2 Å². The van der Waals surface area contributed by atoms with E-state index in [0.29, 0.717) is 29.8 Å². The standard InChI is InChI=1S/C30H29F3N4O4/c1-3-17-37-26(19-11-6-5-7-12-19)24(27(38)41-4-2)25(36-29(37)40)20-13-10-14-21(18-20)34-28(39)35-23-16-9-8-15-22(23)30(31,32)33/h5-16,18,25H,3-4,17H2,1-2H3,(H,36,40)(H2,34,35,39). The van der Waals surface area contributed by atoms with E-state index >= 15 is 0 Å². The summed E-state index contributed by atoms with van der Waals surface area (Å²) in [4.78, 5) is 40.9. The van der Waals surface area contributed by atoms with Crippen LogP contribution in [0.5, 0.6) is 0 Å². The molecule has 3 aromatic rings. The third-order valence-electron chi connectivity index (χ3n) is 6.27. The summed E-state index contributed by atoms with van der Waals surface area (Å²) in [5.74, 6) is -0.614. The number of urea groups is 2. The van der Waals surface area contributed by atoms with Crippen LogP contribution in [0.4, 0.5) is 34.1 Å². The molecule has 41 heavy (non-hydrogen) atoms. The van der Waals surface area contributed by atoms with Crippen molar-refractivity contribution in [2.24, 2.45) is 0 Å². The van der Waals surface area contributed by atoms with Gasteiger partial charge in [-0.15, -0.1) is 0 Å². The van der Waals surface area contributed by atoms with Gasteiger partial charge in [0.25, 0.3) is 0 Å². The molecule has 1 aliphatic heterocycles. The van der Waals surface area contributed by atoms with Crippen molar-refractivity contribution < 1.29 is 32.3 Å². The quantitative estimate of drug-likeness (QED) is 0.261. The molecule has 11 heteroatoms. The maximum atomic E-state index is 13.4. The van der Waals surface area contributed by atoms with E-state index in [-0.39, 0.29) is 17.9 Å². The number of rotatable bonds is 8. The molecule has 0 bridgehead atoms. The van der Waals surface area contributed by atoms with Crippen LogP contribution in [0.3, 0.4) is 0 Å². The molecule has 3 N–H and O–H groups in total. The van der Waals surface area contributed by atoms with E-state index in [9.17, 15) is 27.6 Å². The van der Waals surface area contributed by atoms with Gasteiger partial charge in [-0.25, -0.2) is 14.4 Å². The van der Waals surface area contributed by atoms with Crippen molar-refractivity contribution in [2.45, 2.75) is 32.5 Å². The predicted octanol–water partition coefficient (Wildman–Crippen LogP) is 6.80. The van der Waals surface area contributed by atoms with Crippen LogP contribution in [-0.2, 0) is 15.7 Å². The van der Waals surface area contributed by atoms with Gasteiger partial charge in [-0.1, -0.05) is 61.5 Å². The lowest BCUT2D eigenvalue weighted by Gasteiger charge is -2.37. The number of benzene rings is 3. The lowest BCUT2D eigenvalue weighted by Crippen LogP contribution is -2.48. The van der Waals surface area contributed by atoms with E-state index in [1.165, 1.54) is 23.1 Å². The van der Waals surface area contributed by atoms with Crippen LogP contribution in [0.2, 0.25) is 0 Å². The number of hydrogen-bond acceptors (Lipinski definition) is 4. The fourth-order valence-corrected chi connectivity index (χ4v) is 4.59. The van der Waals surface area contributed by atoms with Crippen molar-refractivity contribution in [3.8, 4) is 0 Å². The Kier molecular flexibility index (Phi) is 8.96. The Labute approximate surface area is 235 Å². The van der Waals surface area contributed by atoms with Crippen molar-refractivity contribution in [3.63, 3.8) is 0 Å². The van der Waals surface area contributed by atoms with Gasteiger partial charge in [-0.3, -0.25) is 4.90 Å².